The van der Waals surface area contributed by atoms with Crippen LogP contribution < -0.4 is 15.4 Å². The molecule has 3 rings (SSSR count). The summed E-state index contributed by atoms with van der Waals surface area (Å²) in [6.45, 7) is 1.90. The van der Waals surface area contributed by atoms with Crippen molar-refractivity contribution in [2.75, 3.05) is 12.4 Å². The molecule has 2 aromatic carbocycles. The normalized spacial score (nSPS) is 16.4. The molecule has 1 atom stereocenters. The van der Waals surface area contributed by atoms with E-state index in [1.165, 1.54) is 18.3 Å². The van der Waals surface area contributed by atoms with Crippen LogP contribution in [0.5, 0.6) is 5.75 Å². The Morgan fingerprint density at radius 3 is 2.81 bits per heavy atom. The van der Waals surface area contributed by atoms with Gasteiger partial charge in [0.25, 0.3) is 5.91 Å². The van der Waals surface area contributed by atoms with Gasteiger partial charge in [-0.05, 0) is 52.2 Å². The topological polar surface area (TPSA) is 67.4 Å². The van der Waals surface area contributed by atoms with E-state index in [1.54, 1.807) is 25.3 Å². The number of amides is 2. The molecule has 140 valence electrons. The standard InChI is InChI=1S/C20H18BrFN2O3/c1-11-6-16(21)17(9-18(11)27-2)24-20(26)15-10-23-19(25)8-14(15)12-4-3-5-13(22)7-12/h3-7,9-10,14H,8H2,1-2H3,(H,23,25)(H,24,26)/t14-/m0/s1. The zero-order chi connectivity index (χ0) is 19.6. The van der Waals surface area contributed by atoms with Gasteiger partial charge in [0, 0.05) is 34.7 Å². The first-order valence-electron chi connectivity index (χ1n) is 8.29. The predicted molar refractivity (Wildman–Crippen MR) is 104 cm³/mol. The molecular formula is C20H18BrFN2O3. The van der Waals surface area contributed by atoms with E-state index in [0.717, 1.165) is 5.56 Å². The molecule has 0 saturated heterocycles. The van der Waals surface area contributed by atoms with E-state index in [4.69, 9.17) is 4.74 Å². The number of halogens is 2. The van der Waals surface area contributed by atoms with Crippen LogP contribution in [-0.2, 0) is 9.59 Å². The Kier molecular flexibility index (Phi) is 5.60. The van der Waals surface area contributed by atoms with Gasteiger partial charge in [0.2, 0.25) is 5.91 Å². The van der Waals surface area contributed by atoms with Gasteiger partial charge < -0.3 is 15.4 Å². The summed E-state index contributed by atoms with van der Waals surface area (Å²) in [4.78, 5) is 24.7. The molecule has 0 fully saturated rings. The molecule has 2 N–H and O–H groups in total. The van der Waals surface area contributed by atoms with Gasteiger partial charge in [-0.3, -0.25) is 9.59 Å². The van der Waals surface area contributed by atoms with Crippen molar-refractivity contribution in [3.05, 3.63) is 69.6 Å². The summed E-state index contributed by atoms with van der Waals surface area (Å²) in [5.74, 6) is -0.902. The summed E-state index contributed by atoms with van der Waals surface area (Å²) in [6.07, 6.45) is 1.46. The highest BCUT2D eigenvalue weighted by Gasteiger charge is 2.29. The zero-order valence-electron chi connectivity index (χ0n) is 14.8. The number of anilines is 1. The monoisotopic (exact) mass is 432 g/mol. The van der Waals surface area contributed by atoms with E-state index in [9.17, 15) is 14.0 Å². The number of aryl methyl sites for hydroxylation is 1. The fourth-order valence-electron chi connectivity index (χ4n) is 3.02. The molecule has 0 spiro atoms. The molecule has 0 unspecified atom stereocenters. The largest absolute Gasteiger partial charge is 0.496 e. The minimum Gasteiger partial charge on any atom is -0.496 e. The lowest BCUT2D eigenvalue weighted by molar-refractivity contribution is -0.121. The summed E-state index contributed by atoms with van der Waals surface area (Å²) in [5.41, 5.74) is 2.39. The first-order valence-corrected chi connectivity index (χ1v) is 9.08. The predicted octanol–water partition coefficient (Wildman–Crippen LogP) is 4.03. The Labute approximate surface area is 164 Å². The van der Waals surface area contributed by atoms with Crippen LogP contribution in [0.15, 0.2) is 52.6 Å². The van der Waals surface area contributed by atoms with Crippen molar-refractivity contribution in [3.63, 3.8) is 0 Å². The summed E-state index contributed by atoms with van der Waals surface area (Å²) >= 11 is 3.43. The highest BCUT2D eigenvalue weighted by Crippen LogP contribution is 2.34. The third-order valence-electron chi connectivity index (χ3n) is 4.40. The maximum Gasteiger partial charge on any atom is 0.253 e. The van der Waals surface area contributed by atoms with Crippen LogP contribution in [0.2, 0.25) is 0 Å². The third-order valence-corrected chi connectivity index (χ3v) is 5.06. The number of benzene rings is 2. The molecule has 0 saturated carbocycles. The number of carbonyl (C=O) groups is 2. The minimum absolute atomic E-state index is 0.0705. The van der Waals surface area contributed by atoms with E-state index in [1.807, 2.05) is 13.0 Å². The Balaban J connectivity index is 1.91. The van der Waals surface area contributed by atoms with Gasteiger partial charge in [0.05, 0.1) is 12.8 Å². The third kappa shape index (κ3) is 4.19. The van der Waals surface area contributed by atoms with E-state index >= 15 is 0 Å². The van der Waals surface area contributed by atoms with Crippen LogP contribution in [-0.4, -0.2) is 18.9 Å². The smallest absolute Gasteiger partial charge is 0.253 e. The van der Waals surface area contributed by atoms with Crippen LogP contribution >= 0.6 is 15.9 Å². The second-order valence-corrected chi connectivity index (χ2v) is 7.09. The SMILES string of the molecule is COc1cc(NC(=O)C2=CNC(=O)C[C@H]2c2cccc(F)c2)c(Br)cc1C. The number of hydrogen-bond acceptors (Lipinski definition) is 3. The van der Waals surface area contributed by atoms with Gasteiger partial charge in [-0.25, -0.2) is 4.39 Å². The van der Waals surface area contributed by atoms with Crippen LogP contribution in [0.3, 0.4) is 0 Å². The van der Waals surface area contributed by atoms with E-state index < -0.39 is 11.7 Å². The Morgan fingerprint density at radius 2 is 2.11 bits per heavy atom. The highest BCUT2D eigenvalue weighted by molar-refractivity contribution is 9.10. The molecule has 27 heavy (non-hydrogen) atoms. The zero-order valence-corrected chi connectivity index (χ0v) is 16.4. The van der Waals surface area contributed by atoms with Crippen molar-refractivity contribution in [1.82, 2.24) is 5.32 Å². The first kappa shape index (κ1) is 19.1. The molecule has 2 amide bonds. The molecule has 1 aliphatic heterocycles. The molecule has 1 heterocycles. The van der Waals surface area contributed by atoms with Crippen molar-refractivity contribution in [2.45, 2.75) is 19.3 Å². The lowest BCUT2D eigenvalue weighted by Gasteiger charge is -2.24. The van der Waals surface area contributed by atoms with E-state index in [-0.39, 0.29) is 18.2 Å². The fraction of sp³-hybridized carbons (Fsp3) is 0.200. The molecule has 2 aromatic rings. The summed E-state index contributed by atoms with van der Waals surface area (Å²) in [7, 11) is 1.56. The molecule has 0 radical (unpaired) electrons. The first-order chi connectivity index (χ1) is 12.9. The van der Waals surface area contributed by atoms with Gasteiger partial charge >= 0.3 is 0 Å². The number of hydrogen-bond donors (Lipinski definition) is 2. The van der Waals surface area contributed by atoms with Crippen molar-refractivity contribution >= 4 is 33.4 Å². The molecule has 0 bridgehead atoms. The average Bonchev–Trinajstić information content (AvgIpc) is 2.63. The number of ether oxygens (including phenoxy) is 1. The van der Waals surface area contributed by atoms with Crippen molar-refractivity contribution < 1.29 is 18.7 Å². The van der Waals surface area contributed by atoms with Gasteiger partial charge in [-0.15, -0.1) is 0 Å². The lowest BCUT2D eigenvalue weighted by Crippen LogP contribution is -2.32. The molecule has 1 aliphatic rings. The van der Waals surface area contributed by atoms with Crippen molar-refractivity contribution in [1.29, 1.82) is 0 Å². The molecule has 0 aliphatic carbocycles. The Bertz CT molecular complexity index is 943. The molecule has 7 heteroatoms. The quantitative estimate of drug-likeness (QED) is 0.765. The maximum absolute atomic E-state index is 13.6. The van der Waals surface area contributed by atoms with Gasteiger partial charge in [-0.2, -0.15) is 0 Å². The van der Waals surface area contributed by atoms with Crippen LogP contribution in [0.4, 0.5) is 10.1 Å². The summed E-state index contributed by atoms with van der Waals surface area (Å²) in [6, 6.07) is 9.50. The number of nitrogens with one attached hydrogen (secondary N) is 2. The van der Waals surface area contributed by atoms with E-state index in [2.05, 4.69) is 26.6 Å². The second-order valence-electron chi connectivity index (χ2n) is 6.23. The Morgan fingerprint density at radius 1 is 1.33 bits per heavy atom. The number of rotatable bonds is 4. The van der Waals surface area contributed by atoms with Crippen molar-refractivity contribution in [3.8, 4) is 5.75 Å². The van der Waals surface area contributed by atoms with Crippen LogP contribution in [0, 0.1) is 12.7 Å². The molecular weight excluding hydrogens is 415 g/mol. The molecule has 0 aromatic heterocycles. The van der Waals surface area contributed by atoms with Crippen LogP contribution in [0.1, 0.15) is 23.5 Å². The van der Waals surface area contributed by atoms with Crippen molar-refractivity contribution in [2.24, 2.45) is 0 Å². The summed E-state index contributed by atoms with van der Waals surface area (Å²) < 4.78 is 19.6. The van der Waals surface area contributed by atoms with Gasteiger partial charge in [0.1, 0.15) is 11.6 Å². The van der Waals surface area contributed by atoms with Crippen LogP contribution in [0.25, 0.3) is 0 Å². The van der Waals surface area contributed by atoms with Gasteiger partial charge in [0.15, 0.2) is 0 Å². The molecule has 5 nitrogen and oxygen atoms in total. The number of carbonyl (C=O) groups excluding carboxylic acids is 2. The number of methoxy groups -OCH3 is 1. The highest BCUT2D eigenvalue weighted by atomic mass is 79.9. The Hall–Kier alpha value is -2.67. The maximum atomic E-state index is 13.6. The second kappa shape index (κ2) is 7.92. The van der Waals surface area contributed by atoms with E-state index in [0.29, 0.717) is 27.0 Å². The average molecular weight is 433 g/mol. The fourth-order valence-corrected chi connectivity index (χ4v) is 3.58. The minimum atomic E-state index is -0.527. The summed E-state index contributed by atoms with van der Waals surface area (Å²) in [5, 5.41) is 5.40. The lowest BCUT2D eigenvalue weighted by atomic mass is 9.86. The van der Waals surface area contributed by atoms with Gasteiger partial charge in [-0.1, -0.05) is 12.1 Å².